The standard InChI is InChI=1S/C48H82O18/c1-21(2)11-10-14-48(9,66-42-38(60)35(57)32(54)26(19-49)63-42)23-12-16-46(7)30(23)24(51)17-28-45(6)15-13-29(52)44(4,5)40(45)25(18-47(28,46)8)62-43-39(36(58)33(55)27(20-50)64-43)65-41-37(59)34(56)31(53)22(3)61-41/h11,22-43,49-60H,10,12-20H2,1-9H3/t22-,23+,24+,25-,26+,27+,28+,29-,30-,31-,32+,33+,34+,35-,36-,37+,38+,39+,40-,41-,42-,43+,45+,46+,47+,48-/m0/s1. The Balaban J connectivity index is 1.27. The molecule has 7 fully saturated rings. The zero-order valence-corrected chi connectivity index (χ0v) is 40.2. The first-order valence-corrected chi connectivity index (χ1v) is 24.3. The largest absolute Gasteiger partial charge is 0.394 e. The summed E-state index contributed by atoms with van der Waals surface area (Å²) in [5, 5.41) is 132. The van der Waals surface area contributed by atoms with E-state index in [1.807, 2.05) is 34.6 Å². The second-order valence-electron chi connectivity index (χ2n) is 23.0. The lowest BCUT2D eigenvalue weighted by molar-refractivity contribution is -0.382. The second kappa shape index (κ2) is 19.2. The van der Waals surface area contributed by atoms with Gasteiger partial charge in [-0.05, 0) is 124 Å². The molecule has 4 saturated carbocycles. The summed E-state index contributed by atoms with van der Waals surface area (Å²) in [5.74, 6) is -1.12. The maximum absolute atomic E-state index is 12.7. The quantitative estimate of drug-likeness (QED) is 0.0904. The van der Waals surface area contributed by atoms with E-state index < -0.39 is 151 Å². The molecular weight excluding hydrogens is 865 g/mol. The van der Waals surface area contributed by atoms with E-state index in [4.69, 9.17) is 28.4 Å². The Morgan fingerprint density at radius 1 is 0.682 bits per heavy atom. The van der Waals surface area contributed by atoms with Gasteiger partial charge in [0.1, 0.15) is 67.1 Å². The molecule has 0 aromatic carbocycles. The molecule has 0 radical (unpaired) electrons. The fraction of sp³-hybridized carbons (Fsp3) is 0.958. The molecule has 4 aliphatic carbocycles. The molecule has 18 heteroatoms. The average molecular weight is 947 g/mol. The van der Waals surface area contributed by atoms with Crippen LogP contribution in [-0.2, 0) is 28.4 Å². The van der Waals surface area contributed by atoms with Gasteiger partial charge in [-0.25, -0.2) is 0 Å². The number of fused-ring (bicyclic) bond motifs is 5. The highest BCUT2D eigenvalue weighted by Gasteiger charge is 2.74. The third-order valence-corrected chi connectivity index (χ3v) is 18.7. The number of aliphatic hydroxyl groups is 12. The van der Waals surface area contributed by atoms with Gasteiger partial charge >= 0.3 is 0 Å². The summed E-state index contributed by atoms with van der Waals surface area (Å²) >= 11 is 0. The van der Waals surface area contributed by atoms with Crippen molar-refractivity contribution in [2.75, 3.05) is 13.2 Å². The van der Waals surface area contributed by atoms with Crippen molar-refractivity contribution in [3.8, 4) is 0 Å². The van der Waals surface area contributed by atoms with Crippen molar-refractivity contribution >= 4 is 0 Å². The number of hydrogen-bond acceptors (Lipinski definition) is 18. The lowest BCUT2D eigenvalue weighted by Crippen LogP contribution is -2.71. The van der Waals surface area contributed by atoms with Gasteiger partial charge < -0.3 is 89.7 Å². The fourth-order valence-electron chi connectivity index (χ4n) is 14.9. The molecule has 3 saturated heterocycles. The first-order valence-electron chi connectivity index (χ1n) is 24.3. The predicted octanol–water partition coefficient (Wildman–Crippen LogP) is -0.0284. The SMILES string of the molecule is CC(C)=CCC[C@](C)(O[C@@H]1O[C@H](CO)[C@@H](O)[C@H](O)[C@H]1O)[C@@H]1CC[C@]2(C)[C@@H]1[C@H](O)C[C@@H]1[C@@]3(C)CC[C@H](O)C(C)(C)[C@@H]3[C@@H](O[C@@H]3O[C@H](CO)[C@@H](O)[C@H](O)[C@H]3O[C@@H]3O[C@@H](C)[C@H](O)[C@@H](O)[C@H]3O)C[C@]12C. The van der Waals surface area contributed by atoms with Crippen LogP contribution in [0.3, 0.4) is 0 Å². The molecule has 0 spiro atoms. The van der Waals surface area contributed by atoms with Gasteiger partial charge in [-0.1, -0.05) is 46.3 Å². The Bertz CT molecular complexity index is 1700. The van der Waals surface area contributed by atoms with Crippen LogP contribution in [0.2, 0.25) is 0 Å². The lowest BCUT2D eigenvalue weighted by atomic mass is 9.34. The third kappa shape index (κ3) is 8.69. The summed E-state index contributed by atoms with van der Waals surface area (Å²) in [4.78, 5) is 0. The zero-order valence-electron chi connectivity index (χ0n) is 40.2. The molecular formula is C48H82O18. The average Bonchev–Trinajstić information content (AvgIpc) is 3.64. The summed E-state index contributed by atoms with van der Waals surface area (Å²) in [5.41, 5.74) is -2.43. The summed E-state index contributed by atoms with van der Waals surface area (Å²) in [6.07, 6.45) is -18.3. The van der Waals surface area contributed by atoms with Crippen LogP contribution >= 0.6 is 0 Å². The molecule has 7 rings (SSSR count). The summed E-state index contributed by atoms with van der Waals surface area (Å²) in [6, 6.07) is 0. The van der Waals surface area contributed by atoms with Crippen molar-refractivity contribution in [2.24, 2.45) is 45.3 Å². The van der Waals surface area contributed by atoms with E-state index in [9.17, 15) is 61.3 Å². The highest BCUT2D eigenvalue weighted by atomic mass is 16.8. The van der Waals surface area contributed by atoms with Crippen molar-refractivity contribution < 1.29 is 89.7 Å². The molecule has 0 aromatic heterocycles. The van der Waals surface area contributed by atoms with Crippen LogP contribution in [0, 0.1) is 45.3 Å². The van der Waals surface area contributed by atoms with Crippen LogP contribution in [0.1, 0.15) is 114 Å². The van der Waals surface area contributed by atoms with E-state index in [1.165, 1.54) is 6.92 Å². The molecule has 12 N–H and O–H groups in total. The maximum Gasteiger partial charge on any atom is 0.187 e. The van der Waals surface area contributed by atoms with Gasteiger partial charge in [0.2, 0.25) is 0 Å². The Labute approximate surface area is 388 Å². The second-order valence-corrected chi connectivity index (χ2v) is 23.0. The smallest absolute Gasteiger partial charge is 0.187 e. The molecule has 0 unspecified atom stereocenters. The van der Waals surface area contributed by atoms with Gasteiger partial charge in [0.15, 0.2) is 18.9 Å². The number of allylic oxidation sites excluding steroid dienone is 2. The van der Waals surface area contributed by atoms with Crippen LogP contribution in [0.4, 0.5) is 0 Å². The highest BCUT2D eigenvalue weighted by Crippen LogP contribution is 2.76. The molecule has 382 valence electrons. The van der Waals surface area contributed by atoms with Crippen LogP contribution in [0.5, 0.6) is 0 Å². The molecule has 3 heterocycles. The Morgan fingerprint density at radius 2 is 1.27 bits per heavy atom. The fourth-order valence-corrected chi connectivity index (χ4v) is 14.9. The zero-order chi connectivity index (χ0) is 48.8. The normalized spacial score (nSPS) is 53.5. The topological polar surface area (TPSA) is 298 Å². The maximum atomic E-state index is 12.7. The van der Waals surface area contributed by atoms with Gasteiger partial charge in [-0.15, -0.1) is 0 Å². The minimum Gasteiger partial charge on any atom is -0.394 e. The van der Waals surface area contributed by atoms with Crippen molar-refractivity contribution in [3.05, 3.63) is 11.6 Å². The van der Waals surface area contributed by atoms with E-state index in [-0.39, 0.29) is 23.7 Å². The summed E-state index contributed by atoms with van der Waals surface area (Å²) < 4.78 is 38.1. The molecule has 26 atom stereocenters. The summed E-state index contributed by atoms with van der Waals surface area (Å²) in [7, 11) is 0. The molecule has 0 bridgehead atoms. The number of aliphatic hydroxyl groups excluding tert-OH is 12. The third-order valence-electron chi connectivity index (χ3n) is 18.7. The first-order chi connectivity index (χ1) is 30.7. The van der Waals surface area contributed by atoms with Crippen molar-refractivity contribution in [1.82, 2.24) is 0 Å². The van der Waals surface area contributed by atoms with Crippen LogP contribution in [0.15, 0.2) is 11.6 Å². The van der Waals surface area contributed by atoms with Crippen LogP contribution in [-0.4, -0.2) is 191 Å². The number of hydrogen-bond donors (Lipinski definition) is 12. The van der Waals surface area contributed by atoms with Gasteiger partial charge in [0, 0.05) is 0 Å². The van der Waals surface area contributed by atoms with Gasteiger partial charge in [-0.2, -0.15) is 0 Å². The first kappa shape index (κ1) is 52.8. The van der Waals surface area contributed by atoms with E-state index in [2.05, 4.69) is 26.8 Å². The van der Waals surface area contributed by atoms with E-state index in [1.54, 1.807) is 0 Å². The molecule has 0 amide bonds. The predicted molar refractivity (Wildman–Crippen MR) is 234 cm³/mol. The lowest BCUT2D eigenvalue weighted by Gasteiger charge is -2.72. The van der Waals surface area contributed by atoms with Crippen LogP contribution < -0.4 is 0 Å². The minimum absolute atomic E-state index is 0.0861. The van der Waals surface area contributed by atoms with Gasteiger partial charge in [-0.3, -0.25) is 0 Å². The van der Waals surface area contributed by atoms with E-state index >= 15 is 0 Å². The minimum atomic E-state index is -1.75. The molecule has 0 aromatic rings. The Morgan fingerprint density at radius 3 is 1.89 bits per heavy atom. The monoisotopic (exact) mass is 947 g/mol. The molecule has 7 aliphatic rings. The molecule has 18 nitrogen and oxygen atoms in total. The van der Waals surface area contributed by atoms with E-state index in [0.717, 1.165) is 5.57 Å². The van der Waals surface area contributed by atoms with Crippen LogP contribution in [0.25, 0.3) is 0 Å². The number of rotatable bonds is 12. The summed E-state index contributed by atoms with van der Waals surface area (Å²) in [6.45, 7) is 16.8. The van der Waals surface area contributed by atoms with E-state index in [0.29, 0.717) is 51.4 Å². The van der Waals surface area contributed by atoms with Crippen molar-refractivity contribution in [2.45, 2.75) is 230 Å². The van der Waals surface area contributed by atoms with Crippen molar-refractivity contribution in [1.29, 1.82) is 0 Å². The Hall–Kier alpha value is -0.980. The molecule has 3 aliphatic heterocycles. The van der Waals surface area contributed by atoms with Crippen molar-refractivity contribution in [3.63, 3.8) is 0 Å². The number of ether oxygens (including phenoxy) is 6. The van der Waals surface area contributed by atoms with Gasteiger partial charge in [0.25, 0.3) is 0 Å². The highest BCUT2D eigenvalue weighted by molar-refractivity contribution is 5.22. The Kier molecular flexibility index (Phi) is 15.4. The van der Waals surface area contributed by atoms with Gasteiger partial charge in [0.05, 0.1) is 43.2 Å². The molecule has 66 heavy (non-hydrogen) atoms.